The summed E-state index contributed by atoms with van der Waals surface area (Å²) in [6, 6.07) is 1.98. The third-order valence-corrected chi connectivity index (χ3v) is 3.61. The van der Waals surface area contributed by atoms with Crippen LogP contribution < -0.4 is 0 Å². The summed E-state index contributed by atoms with van der Waals surface area (Å²) in [7, 11) is 1.63. The largest absolute Gasteiger partial charge is 0.235 e. The molecule has 0 bridgehead atoms. The van der Waals surface area contributed by atoms with Crippen LogP contribution in [0.4, 0.5) is 0 Å². The van der Waals surface area contributed by atoms with Crippen LogP contribution in [-0.2, 0) is 9.05 Å². The van der Waals surface area contributed by atoms with Crippen molar-refractivity contribution in [3.63, 3.8) is 0 Å². The van der Waals surface area contributed by atoms with E-state index >= 15 is 0 Å². The Hall–Kier alpha value is -0.270. The number of hydrogen-bond acceptors (Lipinski definition) is 3. The van der Waals surface area contributed by atoms with Crippen molar-refractivity contribution in [3.05, 3.63) is 0 Å². The second kappa shape index (κ2) is 2.40. The maximum absolute atomic E-state index is 10.5. The molecule has 0 aromatic rings. The Morgan fingerprint density at radius 1 is 1.50 bits per heavy atom. The Bertz CT molecular complexity index is 260. The number of halogens is 1. The van der Waals surface area contributed by atoms with E-state index in [4.69, 9.17) is 15.9 Å². The summed E-state index contributed by atoms with van der Waals surface area (Å²) in [4.78, 5) is 0. The lowest BCUT2D eigenvalue weighted by Gasteiger charge is -2.27. The summed E-state index contributed by atoms with van der Waals surface area (Å²) in [5.74, 6) is -0.0986. The zero-order chi connectivity index (χ0) is 7.78. The van der Waals surface area contributed by atoms with Crippen LogP contribution in [0.25, 0.3) is 0 Å². The highest BCUT2D eigenvalue weighted by Crippen LogP contribution is 2.33. The molecule has 0 aliphatic heterocycles. The van der Waals surface area contributed by atoms with Gasteiger partial charge in [-0.2, -0.15) is 5.26 Å². The highest BCUT2D eigenvalue weighted by molar-refractivity contribution is 8.14. The van der Waals surface area contributed by atoms with E-state index in [0.29, 0.717) is 12.8 Å². The molecular formula is C5H6ClNO2S. The molecule has 0 aromatic carbocycles. The average Bonchev–Trinajstić information content (AvgIpc) is 1.57. The zero-order valence-electron chi connectivity index (χ0n) is 5.12. The van der Waals surface area contributed by atoms with Gasteiger partial charge in [0.15, 0.2) is 0 Å². The van der Waals surface area contributed by atoms with Crippen LogP contribution in [-0.4, -0.2) is 13.7 Å². The molecule has 1 saturated carbocycles. The van der Waals surface area contributed by atoms with Crippen molar-refractivity contribution in [1.29, 1.82) is 5.26 Å². The van der Waals surface area contributed by atoms with Crippen LogP contribution in [0.1, 0.15) is 12.8 Å². The van der Waals surface area contributed by atoms with E-state index < -0.39 is 14.3 Å². The fourth-order valence-corrected chi connectivity index (χ4v) is 2.26. The summed E-state index contributed by atoms with van der Waals surface area (Å²) in [5, 5.41) is 7.81. The van der Waals surface area contributed by atoms with Crippen molar-refractivity contribution >= 4 is 19.7 Å². The third-order valence-electron chi connectivity index (χ3n) is 1.68. The summed E-state index contributed by atoms with van der Waals surface area (Å²) in [6.07, 6.45) is 0.810. The van der Waals surface area contributed by atoms with Gasteiger partial charge < -0.3 is 0 Å². The molecule has 3 nitrogen and oxygen atoms in total. The summed E-state index contributed by atoms with van der Waals surface area (Å²) in [6.45, 7) is 0. The first kappa shape index (κ1) is 7.83. The molecule has 0 spiro atoms. The quantitative estimate of drug-likeness (QED) is 0.561. The lowest BCUT2D eigenvalue weighted by Crippen LogP contribution is -2.32. The lowest BCUT2D eigenvalue weighted by molar-refractivity contribution is 0.395. The van der Waals surface area contributed by atoms with E-state index in [1.165, 1.54) is 0 Å². The van der Waals surface area contributed by atoms with E-state index in [1.54, 1.807) is 0 Å². The molecule has 1 fully saturated rings. The molecule has 1 aliphatic rings. The van der Waals surface area contributed by atoms with Crippen LogP contribution in [0.15, 0.2) is 0 Å². The smallest absolute Gasteiger partial charge is 0.212 e. The fourth-order valence-electron chi connectivity index (χ4n) is 0.901. The molecule has 0 heterocycles. The highest BCUT2D eigenvalue weighted by Gasteiger charge is 2.37. The van der Waals surface area contributed by atoms with Gasteiger partial charge in [-0.25, -0.2) is 8.42 Å². The fraction of sp³-hybridized carbons (Fsp3) is 0.800. The van der Waals surface area contributed by atoms with Crippen LogP contribution >= 0.6 is 10.7 Å². The standard InChI is InChI=1S/C5H6ClNO2S/c6-10(8,9)5-1-4(2-5)3-7/h4-5H,1-2H2. The molecular weight excluding hydrogens is 174 g/mol. The molecule has 0 aromatic heterocycles. The first-order chi connectivity index (χ1) is 4.54. The predicted octanol–water partition coefficient (Wildman–Crippen LogP) is 0.857. The minimum atomic E-state index is -3.39. The molecule has 1 aliphatic carbocycles. The van der Waals surface area contributed by atoms with Gasteiger partial charge in [-0.1, -0.05) is 0 Å². The van der Waals surface area contributed by atoms with Gasteiger partial charge in [0.05, 0.1) is 11.3 Å². The maximum atomic E-state index is 10.5. The molecule has 0 atom stereocenters. The van der Waals surface area contributed by atoms with E-state index in [1.807, 2.05) is 6.07 Å². The van der Waals surface area contributed by atoms with Crippen LogP contribution in [0.5, 0.6) is 0 Å². The SMILES string of the molecule is N#CC1CC(S(=O)(=O)Cl)C1. The number of hydrogen-bond donors (Lipinski definition) is 0. The molecule has 0 unspecified atom stereocenters. The molecule has 0 radical (unpaired) electrons. The van der Waals surface area contributed by atoms with Gasteiger partial charge in [-0.05, 0) is 12.8 Å². The van der Waals surface area contributed by atoms with Crippen LogP contribution in [0.3, 0.4) is 0 Å². The molecule has 5 heteroatoms. The number of nitriles is 1. The molecule has 1 rings (SSSR count). The van der Waals surface area contributed by atoms with E-state index in [2.05, 4.69) is 0 Å². The van der Waals surface area contributed by atoms with Crippen molar-refractivity contribution in [1.82, 2.24) is 0 Å². The first-order valence-corrected chi connectivity index (χ1v) is 5.24. The molecule has 0 N–H and O–H groups in total. The Balaban J connectivity index is 2.50. The lowest BCUT2D eigenvalue weighted by atomic mass is 9.86. The van der Waals surface area contributed by atoms with Crippen molar-refractivity contribution in [2.24, 2.45) is 5.92 Å². The van der Waals surface area contributed by atoms with Crippen molar-refractivity contribution < 1.29 is 8.42 Å². The topological polar surface area (TPSA) is 57.9 Å². The third kappa shape index (κ3) is 1.41. The molecule has 0 saturated heterocycles. The Kier molecular flexibility index (Phi) is 1.88. The number of nitrogens with zero attached hydrogens (tertiary/aromatic N) is 1. The summed E-state index contributed by atoms with van der Waals surface area (Å²) >= 11 is 0. The zero-order valence-corrected chi connectivity index (χ0v) is 6.69. The van der Waals surface area contributed by atoms with Crippen molar-refractivity contribution in [2.75, 3.05) is 0 Å². The second-order valence-corrected chi connectivity index (χ2v) is 5.30. The predicted molar refractivity (Wildman–Crippen MR) is 36.9 cm³/mol. The summed E-state index contributed by atoms with van der Waals surface area (Å²) in [5.41, 5.74) is 0. The first-order valence-electron chi connectivity index (χ1n) is 2.87. The minimum Gasteiger partial charge on any atom is -0.212 e. The molecule has 0 amide bonds. The second-order valence-electron chi connectivity index (χ2n) is 2.40. The maximum Gasteiger partial charge on any atom is 0.235 e. The van der Waals surface area contributed by atoms with Crippen LogP contribution in [0, 0.1) is 17.2 Å². The molecule has 56 valence electrons. The molecule has 10 heavy (non-hydrogen) atoms. The summed E-state index contributed by atoms with van der Waals surface area (Å²) < 4.78 is 21.1. The monoisotopic (exact) mass is 179 g/mol. The van der Waals surface area contributed by atoms with E-state index in [9.17, 15) is 8.42 Å². The van der Waals surface area contributed by atoms with Gasteiger partial charge in [0.2, 0.25) is 9.05 Å². The Labute approximate surface area is 64.0 Å². The van der Waals surface area contributed by atoms with E-state index in [-0.39, 0.29) is 5.92 Å². The van der Waals surface area contributed by atoms with Gasteiger partial charge >= 0.3 is 0 Å². The highest BCUT2D eigenvalue weighted by atomic mass is 35.7. The number of rotatable bonds is 1. The Morgan fingerprint density at radius 3 is 2.30 bits per heavy atom. The van der Waals surface area contributed by atoms with Gasteiger partial charge in [0.1, 0.15) is 0 Å². The van der Waals surface area contributed by atoms with Crippen molar-refractivity contribution in [2.45, 2.75) is 18.1 Å². The van der Waals surface area contributed by atoms with Crippen LogP contribution in [0.2, 0.25) is 0 Å². The van der Waals surface area contributed by atoms with Gasteiger partial charge in [-0.15, -0.1) is 0 Å². The minimum absolute atomic E-state index is 0.0986. The van der Waals surface area contributed by atoms with Gasteiger partial charge in [0, 0.05) is 16.6 Å². The van der Waals surface area contributed by atoms with Crippen molar-refractivity contribution in [3.8, 4) is 6.07 Å². The average molecular weight is 180 g/mol. The van der Waals surface area contributed by atoms with Gasteiger partial charge in [0.25, 0.3) is 0 Å². The van der Waals surface area contributed by atoms with Gasteiger partial charge in [-0.3, -0.25) is 0 Å². The Morgan fingerprint density at radius 2 is 2.00 bits per heavy atom. The normalized spacial score (nSPS) is 32.4. The van der Waals surface area contributed by atoms with E-state index in [0.717, 1.165) is 0 Å².